The number of amides is 1. The van der Waals surface area contributed by atoms with Gasteiger partial charge in [0.15, 0.2) is 0 Å². The molecule has 1 saturated heterocycles. The van der Waals surface area contributed by atoms with Crippen LogP contribution in [0, 0.1) is 17.8 Å². The van der Waals surface area contributed by atoms with E-state index in [-0.39, 0.29) is 18.3 Å². The van der Waals surface area contributed by atoms with Crippen LogP contribution >= 0.6 is 12.4 Å². The Balaban J connectivity index is 0.00000192. The highest BCUT2D eigenvalue weighted by Gasteiger charge is 2.42. The predicted octanol–water partition coefficient (Wildman–Crippen LogP) is 3.26. The molecule has 2 fully saturated rings. The van der Waals surface area contributed by atoms with Gasteiger partial charge in [-0.05, 0) is 49.5 Å². The summed E-state index contributed by atoms with van der Waals surface area (Å²) in [5, 5.41) is 0. The number of benzene rings is 1. The molecule has 1 aromatic carbocycles. The Morgan fingerprint density at radius 3 is 2.70 bits per heavy atom. The number of hydrogen-bond donors (Lipinski definition) is 1. The molecule has 4 unspecified atom stereocenters. The van der Waals surface area contributed by atoms with Gasteiger partial charge in [-0.1, -0.05) is 37.3 Å². The van der Waals surface area contributed by atoms with Gasteiger partial charge >= 0.3 is 0 Å². The molecule has 1 aliphatic heterocycles. The van der Waals surface area contributed by atoms with Crippen LogP contribution in [0.15, 0.2) is 30.3 Å². The Bertz CT molecular complexity index is 507. The van der Waals surface area contributed by atoms with Gasteiger partial charge < -0.3 is 10.6 Å². The fraction of sp³-hybridized carbons (Fsp3) is 0.632. The first-order chi connectivity index (χ1) is 10.6. The van der Waals surface area contributed by atoms with Crippen molar-refractivity contribution in [3.63, 3.8) is 0 Å². The lowest BCUT2D eigenvalue weighted by Gasteiger charge is -2.22. The zero-order chi connectivity index (χ0) is 15.5. The highest BCUT2D eigenvalue weighted by molar-refractivity contribution is 5.85. The van der Waals surface area contributed by atoms with Crippen molar-refractivity contribution in [1.29, 1.82) is 0 Å². The Labute approximate surface area is 146 Å². The van der Waals surface area contributed by atoms with E-state index in [0.717, 1.165) is 38.8 Å². The van der Waals surface area contributed by atoms with Crippen LogP contribution in [0.2, 0.25) is 0 Å². The fourth-order valence-electron chi connectivity index (χ4n) is 4.18. The second kappa shape index (κ2) is 8.16. The van der Waals surface area contributed by atoms with Gasteiger partial charge in [0.1, 0.15) is 0 Å². The third-order valence-corrected chi connectivity index (χ3v) is 5.59. The summed E-state index contributed by atoms with van der Waals surface area (Å²) in [6.45, 7) is 3.93. The zero-order valence-electron chi connectivity index (χ0n) is 14.0. The number of carbonyl (C=O) groups is 1. The molecular formula is C19H29ClN2O. The normalized spacial score (nSPS) is 27.4. The van der Waals surface area contributed by atoms with Crippen molar-refractivity contribution >= 4 is 18.3 Å². The van der Waals surface area contributed by atoms with Gasteiger partial charge in [0.2, 0.25) is 5.91 Å². The van der Waals surface area contributed by atoms with Crippen molar-refractivity contribution in [2.24, 2.45) is 23.5 Å². The number of fused-ring (bicyclic) bond motifs is 1. The number of aryl methyl sites for hydroxylation is 1. The molecule has 0 bridgehead atoms. The molecule has 0 aromatic heterocycles. The van der Waals surface area contributed by atoms with Crippen molar-refractivity contribution in [2.75, 3.05) is 13.1 Å². The lowest BCUT2D eigenvalue weighted by molar-refractivity contribution is -0.134. The van der Waals surface area contributed by atoms with Gasteiger partial charge in [-0.2, -0.15) is 0 Å². The molecule has 3 rings (SSSR count). The molecule has 4 heteroatoms. The van der Waals surface area contributed by atoms with Gasteiger partial charge in [-0.15, -0.1) is 12.4 Å². The zero-order valence-corrected chi connectivity index (χ0v) is 14.8. The van der Waals surface area contributed by atoms with Gasteiger partial charge in [0.25, 0.3) is 0 Å². The topological polar surface area (TPSA) is 46.3 Å². The van der Waals surface area contributed by atoms with E-state index in [1.165, 1.54) is 12.0 Å². The summed E-state index contributed by atoms with van der Waals surface area (Å²) in [6.07, 6.45) is 5.47. The number of hydrogen-bond acceptors (Lipinski definition) is 2. The lowest BCUT2D eigenvalue weighted by atomic mass is 9.98. The van der Waals surface area contributed by atoms with Crippen molar-refractivity contribution in [3.8, 4) is 0 Å². The number of carbonyl (C=O) groups excluding carboxylic acids is 1. The van der Waals surface area contributed by atoms with E-state index in [1.807, 2.05) is 6.07 Å². The summed E-state index contributed by atoms with van der Waals surface area (Å²) in [7, 11) is 0. The fourth-order valence-corrected chi connectivity index (χ4v) is 4.18. The van der Waals surface area contributed by atoms with E-state index in [0.29, 0.717) is 23.8 Å². The molecule has 0 spiro atoms. The number of halogens is 1. The molecule has 1 amide bonds. The Morgan fingerprint density at radius 2 is 2.00 bits per heavy atom. The van der Waals surface area contributed by atoms with E-state index >= 15 is 0 Å². The van der Waals surface area contributed by atoms with Crippen LogP contribution in [0.1, 0.15) is 38.2 Å². The van der Waals surface area contributed by atoms with E-state index in [9.17, 15) is 4.79 Å². The first-order valence-electron chi connectivity index (χ1n) is 8.73. The van der Waals surface area contributed by atoms with Crippen LogP contribution in [0.4, 0.5) is 0 Å². The lowest BCUT2D eigenvalue weighted by Crippen LogP contribution is -2.36. The van der Waals surface area contributed by atoms with Crippen LogP contribution in [0.3, 0.4) is 0 Å². The molecule has 1 heterocycles. The monoisotopic (exact) mass is 336 g/mol. The van der Waals surface area contributed by atoms with Gasteiger partial charge in [0.05, 0.1) is 0 Å². The first kappa shape index (κ1) is 18.3. The molecule has 1 saturated carbocycles. The van der Waals surface area contributed by atoms with Crippen LogP contribution in [0.5, 0.6) is 0 Å². The molecule has 23 heavy (non-hydrogen) atoms. The number of rotatable bonds is 5. The van der Waals surface area contributed by atoms with Crippen LogP contribution in [0.25, 0.3) is 0 Å². The summed E-state index contributed by atoms with van der Waals surface area (Å²) < 4.78 is 0. The van der Waals surface area contributed by atoms with Crippen LogP contribution < -0.4 is 5.73 Å². The number of nitrogens with two attached hydrogens (primary N) is 1. The molecule has 2 aliphatic rings. The molecule has 1 aromatic rings. The van der Waals surface area contributed by atoms with Crippen molar-refractivity contribution < 1.29 is 4.79 Å². The highest BCUT2D eigenvalue weighted by atomic mass is 35.5. The summed E-state index contributed by atoms with van der Waals surface area (Å²) in [5.74, 6) is 1.70. The Morgan fingerprint density at radius 1 is 1.26 bits per heavy atom. The summed E-state index contributed by atoms with van der Waals surface area (Å²) in [4.78, 5) is 14.7. The maximum absolute atomic E-state index is 12.6. The van der Waals surface area contributed by atoms with Crippen LogP contribution in [-0.2, 0) is 11.2 Å². The molecule has 3 nitrogen and oxygen atoms in total. The average Bonchev–Trinajstić information content (AvgIpc) is 3.10. The molecule has 2 N–H and O–H groups in total. The molecule has 0 radical (unpaired) electrons. The highest BCUT2D eigenvalue weighted by Crippen LogP contribution is 2.37. The van der Waals surface area contributed by atoms with Gasteiger partial charge in [0, 0.05) is 25.0 Å². The summed E-state index contributed by atoms with van der Waals surface area (Å²) in [5.41, 5.74) is 7.53. The van der Waals surface area contributed by atoms with Crippen molar-refractivity contribution in [3.05, 3.63) is 35.9 Å². The molecular weight excluding hydrogens is 308 g/mol. The second-order valence-corrected chi connectivity index (χ2v) is 7.19. The maximum Gasteiger partial charge on any atom is 0.225 e. The van der Waals surface area contributed by atoms with Crippen molar-refractivity contribution in [1.82, 2.24) is 4.90 Å². The molecule has 4 atom stereocenters. The first-order valence-corrected chi connectivity index (χ1v) is 8.73. The summed E-state index contributed by atoms with van der Waals surface area (Å²) in [6, 6.07) is 10.8. The molecule has 128 valence electrons. The van der Waals surface area contributed by atoms with E-state index in [2.05, 4.69) is 36.1 Å². The average molecular weight is 337 g/mol. The second-order valence-electron chi connectivity index (χ2n) is 7.19. The largest absolute Gasteiger partial charge is 0.342 e. The Hall–Kier alpha value is -1.06. The quantitative estimate of drug-likeness (QED) is 0.897. The van der Waals surface area contributed by atoms with E-state index in [1.54, 1.807) is 0 Å². The Kier molecular flexibility index (Phi) is 6.49. The number of nitrogens with zero attached hydrogens (tertiary/aromatic N) is 1. The van der Waals surface area contributed by atoms with Crippen molar-refractivity contribution in [2.45, 2.75) is 45.1 Å². The predicted molar refractivity (Wildman–Crippen MR) is 96.6 cm³/mol. The summed E-state index contributed by atoms with van der Waals surface area (Å²) >= 11 is 0. The third kappa shape index (κ3) is 4.27. The minimum atomic E-state index is 0. The smallest absolute Gasteiger partial charge is 0.225 e. The standard InChI is InChI=1S/C19H28N2O.ClH/c1-14(6-5-9-15-7-3-2-4-8-15)19(22)21-12-16-10-11-18(20)17(16)13-21;/h2-4,7-8,14,16-18H,5-6,9-13,20H2,1H3;1H. The van der Waals surface area contributed by atoms with Gasteiger partial charge in [-0.25, -0.2) is 0 Å². The van der Waals surface area contributed by atoms with Gasteiger partial charge in [-0.3, -0.25) is 4.79 Å². The minimum absolute atomic E-state index is 0. The number of likely N-dealkylation sites (tertiary alicyclic amines) is 1. The maximum atomic E-state index is 12.6. The van der Waals surface area contributed by atoms with Crippen LogP contribution in [-0.4, -0.2) is 29.9 Å². The minimum Gasteiger partial charge on any atom is -0.342 e. The van der Waals surface area contributed by atoms with E-state index < -0.39 is 0 Å². The third-order valence-electron chi connectivity index (χ3n) is 5.59. The van der Waals surface area contributed by atoms with E-state index in [4.69, 9.17) is 5.73 Å². The SMILES string of the molecule is CC(CCCc1ccccc1)C(=O)N1CC2CCC(N)C2C1.Cl. The molecule has 1 aliphatic carbocycles.